The molecule has 0 aliphatic carbocycles. The van der Waals surface area contributed by atoms with Crippen LogP contribution in [-0.4, -0.2) is 54.9 Å². The summed E-state index contributed by atoms with van der Waals surface area (Å²) in [7, 11) is 0. The van der Waals surface area contributed by atoms with Gasteiger partial charge in [-0.05, 0) is 37.5 Å². The Balaban J connectivity index is 1.77. The van der Waals surface area contributed by atoms with Gasteiger partial charge in [0.05, 0.1) is 31.9 Å². The summed E-state index contributed by atoms with van der Waals surface area (Å²) in [6.45, 7) is 9.86. The third-order valence-electron chi connectivity index (χ3n) is 5.04. The SMILES string of the molecule is CCOC(=O)Cc1csc(=Nc2ccc(CC)cc2)n1CCCN1CCOCC1. The van der Waals surface area contributed by atoms with E-state index in [1.165, 1.54) is 5.56 Å². The van der Waals surface area contributed by atoms with E-state index in [0.29, 0.717) is 6.61 Å². The molecule has 0 amide bonds. The molecule has 0 bridgehead atoms. The summed E-state index contributed by atoms with van der Waals surface area (Å²) in [4.78, 5) is 20.3. The second kappa shape index (κ2) is 11.3. The van der Waals surface area contributed by atoms with Gasteiger partial charge in [0.2, 0.25) is 0 Å². The van der Waals surface area contributed by atoms with Crippen molar-refractivity contribution < 1.29 is 14.3 Å². The zero-order chi connectivity index (χ0) is 20.5. The Labute approximate surface area is 176 Å². The summed E-state index contributed by atoms with van der Waals surface area (Å²) >= 11 is 1.58. The third kappa shape index (κ3) is 6.52. The number of carbonyl (C=O) groups is 1. The lowest BCUT2D eigenvalue weighted by Gasteiger charge is -2.26. The van der Waals surface area contributed by atoms with Crippen LogP contribution in [0.25, 0.3) is 0 Å². The van der Waals surface area contributed by atoms with Gasteiger partial charge in [-0.25, -0.2) is 4.99 Å². The molecule has 1 saturated heterocycles. The summed E-state index contributed by atoms with van der Waals surface area (Å²) in [6, 6.07) is 8.35. The quantitative estimate of drug-likeness (QED) is 0.588. The van der Waals surface area contributed by atoms with Crippen molar-refractivity contribution in [3.63, 3.8) is 0 Å². The fourth-order valence-electron chi connectivity index (χ4n) is 3.39. The summed E-state index contributed by atoms with van der Waals surface area (Å²) in [5.74, 6) is -0.189. The normalized spacial score (nSPS) is 15.6. The van der Waals surface area contributed by atoms with Crippen LogP contribution in [0.2, 0.25) is 0 Å². The third-order valence-corrected chi connectivity index (χ3v) is 5.95. The molecule has 0 saturated carbocycles. The molecule has 7 heteroatoms. The van der Waals surface area contributed by atoms with E-state index in [-0.39, 0.29) is 12.4 Å². The number of esters is 1. The number of aromatic nitrogens is 1. The van der Waals surface area contributed by atoms with Crippen molar-refractivity contribution in [1.82, 2.24) is 9.47 Å². The Morgan fingerprint density at radius 2 is 1.93 bits per heavy atom. The highest BCUT2D eigenvalue weighted by Gasteiger charge is 2.13. The summed E-state index contributed by atoms with van der Waals surface area (Å²) in [5.41, 5.74) is 3.21. The molecule has 0 radical (unpaired) electrons. The molecule has 1 fully saturated rings. The molecule has 0 N–H and O–H groups in total. The molecule has 6 nitrogen and oxygen atoms in total. The molecule has 0 unspecified atom stereocenters. The molecule has 1 aromatic carbocycles. The Morgan fingerprint density at radius 3 is 2.62 bits per heavy atom. The fourth-order valence-corrected chi connectivity index (χ4v) is 4.33. The van der Waals surface area contributed by atoms with Crippen LogP contribution >= 0.6 is 11.3 Å². The van der Waals surface area contributed by atoms with Gasteiger partial charge in [-0.1, -0.05) is 19.1 Å². The lowest BCUT2D eigenvalue weighted by molar-refractivity contribution is -0.142. The van der Waals surface area contributed by atoms with Gasteiger partial charge in [-0.3, -0.25) is 9.69 Å². The van der Waals surface area contributed by atoms with Gasteiger partial charge < -0.3 is 14.0 Å². The minimum absolute atomic E-state index is 0.189. The van der Waals surface area contributed by atoms with Gasteiger partial charge in [0.1, 0.15) is 0 Å². The van der Waals surface area contributed by atoms with Crippen molar-refractivity contribution in [3.05, 3.63) is 45.7 Å². The molecule has 0 atom stereocenters. The summed E-state index contributed by atoms with van der Waals surface area (Å²) in [5, 5.41) is 2.03. The first kappa shape index (κ1) is 21.7. The number of ether oxygens (including phenoxy) is 2. The molecule has 1 aromatic heterocycles. The molecule has 2 aromatic rings. The van der Waals surface area contributed by atoms with E-state index >= 15 is 0 Å². The standard InChI is InChI=1S/C22H31N3O3S/c1-3-18-6-8-19(9-7-18)23-22-25(11-5-10-24-12-14-27-15-13-24)20(17-29-22)16-21(26)28-4-2/h6-9,17H,3-5,10-16H2,1-2H3. The van der Waals surface area contributed by atoms with E-state index in [2.05, 4.69) is 40.7 Å². The number of hydrogen-bond acceptors (Lipinski definition) is 6. The fraction of sp³-hybridized carbons (Fsp3) is 0.545. The molecular formula is C22H31N3O3S. The molecular weight excluding hydrogens is 386 g/mol. The smallest absolute Gasteiger partial charge is 0.311 e. The van der Waals surface area contributed by atoms with Crippen LogP contribution in [0.4, 0.5) is 5.69 Å². The van der Waals surface area contributed by atoms with Gasteiger partial charge in [-0.2, -0.15) is 0 Å². The van der Waals surface area contributed by atoms with Gasteiger partial charge in [-0.15, -0.1) is 11.3 Å². The Hall–Kier alpha value is -1.96. The highest BCUT2D eigenvalue weighted by Crippen LogP contribution is 2.14. The Bertz CT molecular complexity index is 836. The van der Waals surface area contributed by atoms with Crippen LogP contribution in [-0.2, 0) is 33.7 Å². The zero-order valence-electron chi connectivity index (χ0n) is 17.4. The molecule has 3 rings (SSSR count). The van der Waals surface area contributed by atoms with Gasteiger partial charge >= 0.3 is 5.97 Å². The van der Waals surface area contributed by atoms with Crippen LogP contribution < -0.4 is 4.80 Å². The maximum absolute atomic E-state index is 12.0. The maximum atomic E-state index is 12.0. The maximum Gasteiger partial charge on any atom is 0.311 e. The number of benzene rings is 1. The van der Waals surface area contributed by atoms with Gasteiger partial charge in [0.15, 0.2) is 4.80 Å². The van der Waals surface area contributed by atoms with Crippen LogP contribution in [0.1, 0.15) is 31.5 Å². The monoisotopic (exact) mass is 417 g/mol. The highest BCUT2D eigenvalue weighted by molar-refractivity contribution is 7.07. The van der Waals surface area contributed by atoms with E-state index in [4.69, 9.17) is 14.5 Å². The van der Waals surface area contributed by atoms with Gasteiger partial charge in [0, 0.05) is 37.3 Å². The number of morpholine rings is 1. The van der Waals surface area contributed by atoms with Crippen LogP contribution in [0.3, 0.4) is 0 Å². The second-order valence-corrected chi connectivity index (χ2v) is 7.92. The van der Waals surface area contributed by atoms with Crippen LogP contribution in [0.15, 0.2) is 34.6 Å². The average molecular weight is 418 g/mol. The summed E-state index contributed by atoms with van der Waals surface area (Å²) in [6.07, 6.45) is 2.31. The van der Waals surface area contributed by atoms with Crippen molar-refractivity contribution in [1.29, 1.82) is 0 Å². The van der Waals surface area contributed by atoms with Crippen molar-refractivity contribution in [2.75, 3.05) is 39.5 Å². The minimum Gasteiger partial charge on any atom is -0.466 e. The first-order chi connectivity index (χ1) is 14.2. The molecule has 0 spiro atoms. The predicted molar refractivity (Wildman–Crippen MR) is 116 cm³/mol. The molecule has 1 aliphatic rings. The first-order valence-corrected chi connectivity index (χ1v) is 11.3. The lowest BCUT2D eigenvalue weighted by atomic mass is 10.2. The van der Waals surface area contributed by atoms with E-state index in [9.17, 15) is 4.79 Å². The molecule has 1 aliphatic heterocycles. The van der Waals surface area contributed by atoms with Crippen LogP contribution in [0, 0.1) is 0 Å². The second-order valence-electron chi connectivity index (χ2n) is 7.08. The molecule has 158 valence electrons. The van der Waals surface area contributed by atoms with E-state index in [1.807, 2.05) is 12.3 Å². The predicted octanol–water partition coefficient (Wildman–Crippen LogP) is 3.17. The number of rotatable bonds is 9. The lowest BCUT2D eigenvalue weighted by Crippen LogP contribution is -2.37. The van der Waals surface area contributed by atoms with Crippen molar-refractivity contribution in [2.24, 2.45) is 4.99 Å². The molecule has 2 heterocycles. The number of aryl methyl sites for hydroxylation is 1. The summed E-state index contributed by atoms with van der Waals surface area (Å²) < 4.78 is 12.8. The van der Waals surface area contributed by atoms with Crippen molar-refractivity contribution in [3.8, 4) is 0 Å². The Kier molecular flexibility index (Phi) is 8.46. The number of hydrogen-bond donors (Lipinski definition) is 0. The van der Waals surface area contributed by atoms with Crippen molar-refractivity contribution >= 4 is 23.0 Å². The van der Waals surface area contributed by atoms with E-state index in [0.717, 1.165) is 68.4 Å². The number of thiazole rings is 1. The van der Waals surface area contributed by atoms with Crippen LogP contribution in [0.5, 0.6) is 0 Å². The molecule has 29 heavy (non-hydrogen) atoms. The van der Waals surface area contributed by atoms with E-state index in [1.54, 1.807) is 11.3 Å². The number of carbonyl (C=O) groups excluding carboxylic acids is 1. The Morgan fingerprint density at radius 1 is 1.17 bits per heavy atom. The highest BCUT2D eigenvalue weighted by atomic mass is 32.1. The first-order valence-electron chi connectivity index (χ1n) is 10.5. The average Bonchev–Trinajstić information content (AvgIpc) is 3.10. The zero-order valence-corrected chi connectivity index (χ0v) is 18.2. The van der Waals surface area contributed by atoms with Gasteiger partial charge in [0.25, 0.3) is 0 Å². The topological polar surface area (TPSA) is 56.1 Å². The van der Waals surface area contributed by atoms with E-state index < -0.39 is 0 Å². The van der Waals surface area contributed by atoms with Crippen molar-refractivity contribution in [2.45, 2.75) is 39.7 Å². The minimum atomic E-state index is -0.189. The number of nitrogens with zero attached hydrogens (tertiary/aromatic N) is 3. The largest absolute Gasteiger partial charge is 0.466 e.